The number of ether oxygens (including phenoxy) is 1. The van der Waals surface area contributed by atoms with Crippen LogP contribution >= 0.6 is 0 Å². The average molecular weight is 415 g/mol. The third-order valence-corrected chi connectivity index (χ3v) is 6.05. The van der Waals surface area contributed by atoms with Crippen LogP contribution in [0, 0.1) is 17.2 Å². The van der Waals surface area contributed by atoms with E-state index in [0.29, 0.717) is 11.5 Å². The van der Waals surface area contributed by atoms with E-state index in [9.17, 15) is 13.2 Å². The average Bonchev–Trinajstić information content (AvgIpc) is 2.78. The molecule has 3 rings (SSSR count). The molecule has 160 valence electrons. The highest BCUT2D eigenvalue weighted by molar-refractivity contribution is 5.33. The largest absolute Gasteiger partial charge is 0.391 e. The molecule has 1 fully saturated rings. The zero-order valence-corrected chi connectivity index (χ0v) is 17.3. The highest BCUT2D eigenvalue weighted by Gasteiger charge is 2.42. The van der Waals surface area contributed by atoms with Crippen LogP contribution < -0.4 is 0 Å². The maximum atomic E-state index is 14.3. The Hall–Kier alpha value is -2.32. The highest BCUT2D eigenvalue weighted by Crippen LogP contribution is 2.38. The molecule has 2 nitrogen and oxygen atoms in total. The summed E-state index contributed by atoms with van der Waals surface area (Å²) in [5, 5.41) is 8.76. The Labute approximate surface area is 176 Å². The lowest BCUT2D eigenvalue weighted by molar-refractivity contribution is -0.282. The number of hydrogen-bond acceptors (Lipinski definition) is 2. The van der Waals surface area contributed by atoms with E-state index < -0.39 is 12.3 Å². The fourth-order valence-electron chi connectivity index (χ4n) is 4.25. The first kappa shape index (κ1) is 22.4. The number of halogens is 3. The second-order valence-corrected chi connectivity index (χ2v) is 8.19. The smallest absolute Gasteiger partial charge is 0.313 e. The third kappa shape index (κ3) is 5.64. The topological polar surface area (TPSA) is 33.0 Å². The minimum absolute atomic E-state index is 0.215. The molecule has 1 aliphatic carbocycles. The van der Waals surface area contributed by atoms with E-state index in [2.05, 4.69) is 11.7 Å². The number of hydrogen-bond donors (Lipinski definition) is 0. The first-order valence-corrected chi connectivity index (χ1v) is 10.7. The van der Waals surface area contributed by atoms with Gasteiger partial charge in [-0.05, 0) is 66.3 Å². The van der Waals surface area contributed by atoms with Gasteiger partial charge in [0.05, 0.1) is 18.2 Å². The highest BCUT2D eigenvalue weighted by atomic mass is 19.3. The summed E-state index contributed by atoms with van der Waals surface area (Å²) < 4.78 is 47.3. The molecule has 0 aliphatic heterocycles. The van der Waals surface area contributed by atoms with Gasteiger partial charge in [-0.1, -0.05) is 56.2 Å². The van der Waals surface area contributed by atoms with Crippen LogP contribution in [-0.4, -0.2) is 6.11 Å². The number of nitriles is 1. The van der Waals surface area contributed by atoms with Crippen LogP contribution in [0.5, 0.6) is 0 Å². The van der Waals surface area contributed by atoms with Crippen LogP contribution in [0.2, 0.25) is 0 Å². The number of nitrogens with zero attached hydrogens (tertiary/aromatic N) is 1. The Morgan fingerprint density at radius 2 is 1.67 bits per heavy atom. The molecule has 1 unspecified atom stereocenters. The first-order chi connectivity index (χ1) is 14.4. The van der Waals surface area contributed by atoms with Gasteiger partial charge in [0.1, 0.15) is 0 Å². The maximum Gasteiger partial charge on any atom is 0.391 e. The van der Waals surface area contributed by atoms with Crippen molar-refractivity contribution in [2.45, 2.75) is 70.3 Å². The van der Waals surface area contributed by atoms with Gasteiger partial charge < -0.3 is 4.74 Å². The summed E-state index contributed by atoms with van der Waals surface area (Å²) in [6, 6.07) is 14.4. The van der Waals surface area contributed by atoms with Gasteiger partial charge in [0.2, 0.25) is 6.17 Å². The number of alkyl halides is 3. The number of rotatable bonds is 8. The van der Waals surface area contributed by atoms with Crippen LogP contribution in [0.15, 0.2) is 48.5 Å². The Kier molecular flexibility index (Phi) is 7.55. The molecule has 1 atom stereocenters. The lowest BCUT2D eigenvalue weighted by Crippen LogP contribution is -2.27. The van der Waals surface area contributed by atoms with Crippen molar-refractivity contribution in [3.05, 3.63) is 70.8 Å². The molecule has 1 saturated carbocycles. The number of benzene rings is 2. The van der Waals surface area contributed by atoms with E-state index in [-0.39, 0.29) is 17.7 Å². The molecule has 0 amide bonds. The van der Waals surface area contributed by atoms with Crippen molar-refractivity contribution in [2.75, 3.05) is 0 Å². The van der Waals surface area contributed by atoms with E-state index in [4.69, 9.17) is 5.26 Å². The molecule has 0 spiro atoms. The van der Waals surface area contributed by atoms with Crippen molar-refractivity contribution in [1.29, 1.82) is 5.26 Å². The van der Waals surface area contributed by atoms with Gasteiger partial charge >= 0.3 is 6.11 Å². The molecule has 0 N–H and O–H groups in total. The van der Waals surface area contributed by atoms with Crippen molar-refractivity contribution >= 4 is 0 Å². The quantitative estimate of drug-likeness (QED) is 0.448. The lowest BCUT2D eigenvalue weighted by atomic mass is 9.77. The van der Waals surface area contributed by atoms with Crippen LogP contribution in [-0.2, 0) is 11.3 Å². The van der Waals surface area contributed by atoms with Gasteiger partial charge in [0.25, 0.3) is 0 Å². The molecule has 30 heavy (non-hydrogen) atoms. The molecular formula is C25H28F3NO. The minimum Gasteiger partial charge on any atom is -0.313 e. The van der Waals surface area contributed by atoms with Crippen molar-refractivity contribution in [2.24, 2.45) is 5.92 Å². The van der Waals surface area contributed by atoms with E-state index in [1.54, 1.807) is 12.1 Å². The van der Waals surface area contributed by atoms with Crippen molar-refractivity contribution in [1.82, 2.24) is 0 Å². The van der Waals surface area contributed by atoms with E-state index in [1.807, 2.05) is 18.2 Å². The molecular weight excluding hydrogens is 387 g/mol. The van der Waals surface area contributed by atoms with Gasteiger partial charge in [-0.2, -0.15) is 14.0 Å². The fraction of sp³-hybridized carbons (Fsp3) is 0.480. The van der Waals surface area contributed by atoms with Crippen LogP contribution in [0.1, 0.15) is 79.8 Å². The van der Waals surface area contributed by atoms with Crippen LogP contribution in [0.25, 0.3) is 0 Å². The molecule has 0 saturated heterocycles. The van der Waals surface area contributed by atoms with E-state index >= 15 is 0 Å². The second kappa shape index (κ2) is 10.1. The summed E-state index contributed by atoms with van der Waals surface area (Å²) in [5.41, 5.74) is 1.90. The molecule has 5 heteroatoms. The van der Waals surface area contributed by atoms with Gasteiger partial charge in [-0.25, -0.2) is 4.39 Å². The molecule has 2 aromatic rings. The summed E-state index contributed by atoms with van der Waals surface area (Å²) in [6.07, 6.45) is 0.840. The fourth-order valence-corrected chi connectivity index (χ4v) is 4.25. The summed E-state index contributed by atoms with van der Waals surface area (Å²) in [6.45, 7) is 1.86. The normalized spacial score (nSPS) is 20.5. The van der Waals surface area contributed by atoms with Gasteiger partial charge in [0.15, 0.2) is 0 Å². The Morgan fingerprint density at radius 3 is 2.23 bits per heavy atom. The summed E-state index contributed by atoms with van der Waals surface area (Å²) in [5.74, 6) is 1.37. The lowest BCUT2D eigenvalue weighted by Gasteiger charge is -2.28. The molecule has 2 aromatic carbocycles. The standard InChI is InChI=1S/C25H28F3NO/c1-2-3-18-4-10-21(11-5-18)22-12-8-20(9-13-22)17-30-25(27,28)24(26)23-14-6-19(16-29)7-15-23/h6-9,12-15,18,21,24H,2-5,10-11,17H2,1H3. The third-order valence-electron chi connectivity index (χ3n) is 6.05. The zero-order chi connectivity index (χ0) is 21.6. The first-order valence-electron chi connectivity index (χ1n) is 10.7. The maximum absolute atomic E-state index is 14.3. The van der Waals surface area contributed by atoms with Crippen molar-refractivity contribution in [3.8, 4) is 6.07 Å². The Bertz CT molecular complexity index is 834. The predicted octanol–water partition coefficient (Wildman–Crippen LogP) is 7.45. The van der Waals surface area contributed by atoms with Crippen molar-refractivity contribution < 1.29 is 17.9 Å². The monoisotopic (exact) mass is 415 g/mol. The zero-order valence-electron chi connectivity index (χ0n) is 17.3. The molecule has 0 bridgehead atoms. The SMILES string of the molecule is CCCC1CCC(c2ccc(COC(F)(F)C(F)c3ccc(C#N)cc3)cc2)CC1. The van der Waals surface area contributed by atoms with Crippen molar-refractivity contribution in [3.63, 3.8) is 0 Å². The predicted molar refractivity (Wildman–Crippen MR) is 111 cm³/mol. The summed E-state index contributed by atoms with van der Waals surface area (Å²) >= 11 is 0. The van der Waals surface area contributed by atoms with Crippen LogP contribution in [0.3, 0.4) is 0 Å². The van der Waals surface area contributed by atoms with Gasteiger partial charge in [-0.3, -0.25) is 0 Å². The molecule has 0 radical (unpaired) electrons. The molecule has 0 aromatic heterocycles. The molecule has 1 aliphatic rings. The van der Waals surface area contributed by atoms with Crippen LogP contribution in [0.4, 0.5) is 13.2 Å². The molecule has 0 heterocycles. The summed E-state index contributed by atoms with van der Waals surface area (Å²) in [7, 11) is 0. The second-order valence-electron chi connectivity index (χ2n) is 8.19. The van der Waals surface area contributed by atoms with E-state index in [1.165, 1.54) is 68.4 Å². The summed E-state index contributed by atoms with van der Waals surface area (Å²) in [4.78, 5) is 0. The van der Waals surface area contributed by atoms with Gasteiger partial charge in [-0.15, -0.1) is 0 Å². The van der Waals surface area contributed by atoms with Gasteiger partial charge in [0, 0.05) is 0 Å². The van der Waals surface area contributed by atoms with E-state index in [0.717, 1.165) is 5.92 Å². The minimum atomic E-state index is -3.95. The Balaban J connectivity index is 1.54. The Morgan fingerprint density at radius 1 is 1.03 bits per heavy atom.